The van der Waals surface area contributed by atoms with Crippen molar-refractivity contribution in [2.75, 3.05) is 0 Å². The van der Waals surface area contributed by atoms with Crippen molar-refractivity contribution in [2.45, 2.75) is 57.4 Å². The number of aromatic nitrogens is 2. The van der Waals surface area contributed by atoms with Crippen LogP contribution in [0.5, 0.6) is 0 Å². The van der Waals surface area contributed by atoms with E-state index in [1.54, 1.807) is 0 Å². The minimum absolute atomic E-state index is 0.0550. The van der Waals surface area contributed by atoms with Crippen molar-refractivity contribution < 1.29 is 0 Å². The topological polar surface area (TPSA) is 43.8 Å². The number of aryl methyl sites for hydroxylation is 1. The quantitative estimate of drug-likeness (QED) is 0.780. The van der Waals surface area contributed by atoms with E-state index in [2.05, 4.69) is 11.3 Å². The number of hydrogen-bond acceptors (Lipinski definition) is 2. The molecule has 1 aromatic heterocycles. The van der Waals surface area contributed by atoms with Crippen molar-refractivity contribution in [1.82, 2.24) is 9.78 Å². The molecule has 0 bridgehead atoms. The molecule has 2 N–H and O–H groups in total. The van der Waals surface area contributed by atoms with Gasteiger partial charge in [0.1, 0.15) is 0 Å². The molecular formula is C13H23N3. The molecule has 0 spiro atoms. The van der Waals surface area contributed by atoms with Crippen LogP contribution in [0.1, 0.15) is 68.7 Å². The average Bonchev–Trinajstić information content (AvgIpc) is 2.49. The minimum atomic E-state index is 0.0550. The maximum absolute atomic E-state index is 6.00. The fourth-order valence-electron chi connectivity index (χ4n) is 2.78. The van der Waals surface area contributed by atoms with Gasteiger partial charge in [-0.2, -0.15) is 5.10 Å². The van der Waals surface area contributed by atoms with E-state index in [9.17, 15) is 0 Å². The first kappa shape index (κ1) is 11.6. The number of nitrogens with two attached hydrogens (primary N) is 1. The van der Waals surface area contributed by atoms with Crippen LogP contribution >= 0.6 is 0 Å². The first-order valence-electron chi connectivity index (χ1n) is 6.47. The second-order valence-electron chi connectivity index (χ2n) is 5.12. The molecule has 3 heteroatoms. The van der Waals surface area contributed by atoms with Crippen LogP contribution in [-0.2, 0) is 7.05 Å². The van der Waals surface area contributed by atoms with E-state index in [-0.39, 0.29) is 6.04 Å². The molecular weight excluding hydrogens is 198 g/mol. The third kappa shape index (κ3) is 2.46. The number of rotatable bonds is 2. The van der Waals surface area contributed by atoms with Gasteiger partial charge in [-0.3, -0.25) is 4.68 Å². The number of hydrogen-bond donors (Lipinski definition) is 1. The van der Waals surface area contributed by atoms with Crippen molar-refractivity contribution in [2.24, 2.45) is 12.8 Å². The monoisotopic (exact) mass is 221 g/mol. The lowest BCUT2D eigenvalue weighted by Crippen LogP contribution is -2.10. The highest BCUT2D eigenvalue weighted by Gasteiger charge is 2.21. The molecule has 1 aliphatic rings. The average molecular weight is 221 g/mol. The van der Waals surface area contributed by atoms with Gasteiger partial charge in [0.25, 0.3) is 0 Å². The fraction of sp³-hybridized carbons (Fsp3) is 0.769. The van der Waals surface area contributed by atoms with Crippen molar-refractivity contribution in [3.8, 4) is 0 Å². The second kappa shape index (κ2) is 5.00. The van der Waals surface area contributed by atoms with E-state index in [4.69, 9.17) is 5.73 Å². The zero-order valence-electron chi connectivity index (χ0n) is 10.4. The Labute approximate surface area is 98.0 Å². The van der Waals surface area contributed by atoms with Gasteiger partial charge < -0.3 is 5.73 Å². The normalized spacial score (nSPS) is 20.7. The summed E-state index contributed by atoms with van der Waals surface area (Å²) in [5, 5.41) is 4.51. The van der Waals surface area contributed by atoms with Crippen LogP contribution in [-0.4, -0.2) is 9.78 Å². The Bertz CT molecular complexity index is 333. The Hall–Kier alpha value is -0.830. The van der Waals surface area contributed by atoms with Crippen molar-refractivity contribution >= 4 is 0 Å². The minimum Gasteiger partial charge on any atom is -0.323 e. The Morgan fingerprint density at radius 3 is 2.50 bits per heavy atom. The summed E-state index contributed by atoms with van der Waals surface area (Å²) in [7, 11) is 1.99. The van der Waals surface area contributed by atoms with Gasteiger partial charge in [-0.15, -0.1) is 0 Å². The molecule has 1 unspecified atom stereocenters. The molecule has 0 aliphatic heterocycles. The molecule has 0 saturated heterocycles. The highest BCUT2D eigenvalue weighted by molar-refractivity contribution is 5.24. The molecule has 1 aromatic rings. The Morgan fingerprint density at radius 1 is 1.31 bits per heavy atom. The molecule has 1 atom stereocenters. The van der Waals surface area contributed by atoms with Crippen molar-refractivity contribution in [1.29, 1.82) is 0 Å². The first-order chi connectivity index (χ1) is 7.68. The van der Waals surface area contributed by atoms with E-state index < -0.39 is 0 Å². The van der Waals surface area contributed by atoms with Crippen LogP contribution in [0.2, 0.25) is 0 Å². The van der Waals surface area contributed by atoms with Gasteiger partial charge in [-0.1, -0.05) is 25.7 Å². The second-order valence-corrected chi connectivity index (χ2v) is 5.12. The lowest BCUT2D eigenvalue weighted by atomic mass is 9.91. The summed E-state index contributed by atoms with van der Waals surface area (Å²) in [6.07, 6.45) is 10.3. The van der Waals surface area contributed by atoms with Gasteiger partial charge in [0.05, 0.1) is 5.69 Å². The molecule has 1 saturated carbocycles. The molecule has 0 radical (unpaired) electrons. The Balaban J connectivity index is 2.23. The standard InChI is InChI=1S/C13H23N3/c1-10(14)13-12(9-16(2)15-13)11-7-5-3-4-6-8-11/h9-11H,3-8,14H2,1-2H3. The van der Waals surface area contributed by atoms with Crippen LogP contribution in [0.3, 0.4) is 0 Å². The lowest BCUT2D eigenvalue weighted by molar-refractivity contribution is 0.581. The van der Waals surface area contributed by atoms with Gasteiger partial charge in [0.2, 0.25) is 0 Å². The molecule has 0 aromatic carbocycles. The van der Waals surface area contributed by atoms with Crippen LogP contribution in [0.15, 0.2) is 6.20 Å². The fourth-order valence-corrected chi connectivity index (χ4v) is 2.78. The molecule has 90 valence electrons. The predicted molar refractivity (Wildman–Crippen MR) is 66.3 cm³/mol. The van der Waals surface area contributed by atoms with Gasteiger partial charge >= 0.3 is 0 Å². The zero-order valence-corrected chi connectivity index (χ0v) is 10.4. The van der Waals surface area contributed by atoms with E-state index in [1.807, 2.05) is 18.7 Å². The molecule has 3 nitrogen and oxygen atoms in total. The summed E-state index contributed by atoms with van der Waals surface area (Å²) in [6.45, 7) is 2.03. The highest BCUT2D eigenvalue weighted by Crippen LogP contribution is 2.34. The van der Waals surface area contributed by atoms with Gasteiger partial charge in [-0.25, -0.2) is 0 Å². The number of nitrogens with zero attached hydrogens (tertiary/aromatic N) is 2. The van der Waals surface area contributed by atoms with Gasteiger partial charge in [0, 0.05) is 19.3 Å². The molecule has 0 amide bonds. The van der Waals surface area contributed by atoms with Crippen molar-refractivity contribution in [3.63, 3.8) is 0 Å². The molecule has 1 aliphatic carbocycles. The summed E-state index contributed by atoms with van der Waals surface area (Å²) >= 11 is 0. The van der Waals surface area contributed by atoms with Gasteiger partial charge in [0.15, 0.2) is 0 Å². The maximum Gasteiger partial charge on any atom is 0.0823 e. The maximum atomic E-state index is 6.00. The third-order valence-electron chi connectivity index (χ3n) is 3.61. The molecule has 16 heavy (non-hydrogen) atoms. The Morgan fingerprint density at radius 2 is 1.94 bits per heavy atom. The summed E-state index contributed by atoms with van der Waals surface area (Å²) in [4.78, 5) is 0. The predicted octanol–water partition coefficient (Wildman–Crippen LogP) is 2.88. The first-order valence-corrected chi connectivity index (χ1v) is 6.47. The van der Waals surface area contributed by atoms with Crippen LogP contribution in [0.4, 0.5) is 0 Å². The summed E-state index contributed by atoms with van der Waals surface area (Å²) in [5.74, 6) is 0.692. The lowest BCUT2D eigenvalue weighted by Gasteiger charge is -2.15. The van der Waals surface area contributed by atoms with Crippen molar-refractivity contribution in [3.05, 3.63) is 17.5 Å². The van der Waals surface area contributed by atoms with E-state index in [1.165, 1.54) is 44.1 Å². The third-order valence-corrected chi connectivity index (χ3v) is 3.61. The van der Waals surface area contributed by atoms with Crippen LogP contribution in [0.25, 0.3) is 0 Å². The highest BCUT2D eigenvalue weighted by atomic mass is 15.3. The SMILES string of the molecule is CC(N)c1nn(C)cc1C1CCCCCC1. The smallest absolute Gasteiger partial charge is 0.0823 e. The van der Waals surface area contributed by atoms with E-state index >= 15 is 0 Å². The van der Waals surface area contributed by atoms with Crippen LogP contribution in [0, 0.1) is 0 Å². The molecule has 1 heterocycles. The summed E-state index contributed by atoms with van der Waals surface area (Å²) < 4.78 is 1.92. The van der Waals surface area contributed by atoms with Gasteiger partial charge in [-0.05, 0) is 31.2 Å². The zero-order chi connectivity index (χ0) is 11.5. The Kier molecular flexibility index (Phi) is 3.64. The molecule has 1 fully saturated rings. The summed E-state index contributed by atoms with van der Waals surface area (Å²) in [5.41, 5.74) is 8.51. The molecule has 2 rings (SSSR count). The van der Waals surface area contributed by atoms with Crippen LogP contribution < -0.4 is 5.73 Å². The largest absolute Gasteiger partial charge is 0.323 e. The summed E-state index contributed by atoms with van der Waals surface area (Å²) in [6, 6.07) is 0.0550. The van der Waals surface area contributed by atoms with E-state index in [0.717, 1.165) is 5.69 Å². The van der Waals surface area contributed by atoms with E-state index in [0.29, 0.717) is 5.92 Å².